The van der Waals surface area contributed by atoms with Gasteiger partial charge >= 0.3 is 5.51 Å². The number of nitrogens with zero attached hydrogens (tertiary/aromatic N) is 2. The van der Waals surface area contributed by atoms with E-state index in [-0.39, 0.29) is 33.3 Å². The number of fused-ring (bicyclic) bond motifs is 1. The summed E-state index contributed by atoms with van der Waals surface area (Å²) in [4.78, 5) is 8.41. The van der Waals surface area contributed by atoms with E-state index >= 15 is 0 Å². The van der Waals surface area contributed by atoms with E-state index in [9.17, 15) is 17.6 Å². The molecule has 4 nitrogen and oxygen atoms in total. The lowest BCUT2D eigenvalue weighted by molar-refractivity contribution is -0.0329. The Labute approximate surface area is 174 Å². The number of hydrogen-bond donors (Lipinski definition) is 0. The number of rotatable bonds is 7. The van der Waals surface area contributed by atoms with Crippen LogP contribution >= 0.6 is 23.4 Å². The first-order valence-electron chi connectivity index (χ1n) is 8.71. The fraction of sp³-hybridized carbons (Fsp3) is 0.368. The summed E-state index contributed by atoms with van der Waals surface area (Å²) in [5.41, 5.74) is -3.02. The fourth-order valence-electron chi connectivity index (χ4n) is 3.00. The van der Waals surface area contributed by atoms with Gasteiger partial charge in [-0.15, -0.1) is 0 Å². The normalized spacial score (nSPS) is 15.0. The summed E-state index contributed by atoms with van der Waals surface area (Å²) in [6.07, 6.45) is 2.80. The molecule has 0 atom stereocenters. The van der Waals surface area contributed by atoms with Crippen molar-refractivity contribution in [3.8, 4) is 11.5 Å². The molecular formula is C19H17ClF4N2O2S. The van der Waals surface area contributed by atoms with Crippen LogP contribution in [0.25, 0.3) is 0 Å². The number of aliphatic imine (C=N–C) groups is 1. The number of hydrogen-bond acceptors (Lipinski definition) is 5. The van der Waals surface area contributed by atoms with Crippen molar-refractivity contribution in [2.45, 2.75) is 29.8 Å². The maximum atomic E-state index is 13.6. The molecular weight excluding hydrogens is 432 g/mol. The van der Waals surface area contributed by atoms with E-state index in [0.29, 0.717) is 49.3 Å². The number of halogens is 5. The Morgan fingerprint density at radius 2 is 2.03 bits per heavy atom. The number of benzene rings is 1. The van der Waals surface area contributed by atoms with Gasteiger partial charge in [0.25, 0.3) is 0 Å². The van der Waals surface area contributed by atoms with Crippen LogP contribution in [0.2, 0.25) is 5.02 Å². The molecule has 0 bridgehead atoms. The quantitative estimate of drug-likeness (QED) is 0.294. The van der Waals surface area contributed by atoms with Gasteiger partial charge in [0, 0.05) is 60.0 Å². The van der Waals surface area contributed by atoms with E-state index in [2.05, 4.69) is 9.98 Å². The minimum atomic E-state index is -4.48. The first-order valence-corrected chi connectivity index (χ1v) is 9.90. The Bertz CT molecular complexity index is 902. The summed E-state index contributed by atoms with van der Waals surface area (Å²) in [5.74, 6) is -0.183. The highest BCUT2D eigenvalue weighted by atomic mass is 35.5. The summed E-state index contributed by atoms with van der Waals surface area (Å²) < 4.78 is 63.3. The molecule has 156 valence electrons. The molecule has 29 heavy (non-hydrogen) atoms. The Balaban J connectivity index is 1.97. The van der Waals surface area contributed by atoms with Crippen LogP contribution in [0.4, 0.5) is 17.6 Å². The van der Waals surface area contributed by atoms with Crippen LogP contribution in [0.15, 0.2) is 34.4 Å². The van der Waals surface area contributed by atoms with Gasteiger partial charge in [0.2, 0.25) is 0 Å². The predicted molar refractivity (Wildman–Crippen MR) is 104 cm³/mol. The van der Waals surface area contributed by atoms with Crippen molar-refractivity contribution >= 4 is 29.1 Å². The largest absolute Gasteiger partial charge is 0.455 e. The number of alkyl halides is 3. The Morgan fingerprint density at radius 1 is 1.24 bits per heavy atom. The zero-order chi connectivity index (χ0) is 21.0. The van der Waals surface area contributed by atoms with E-state index in [0.717, 1.165) is 12.1 Å². The molecule has 1 aromatic carbocycles. The van der Waals surface area contributed by atoms with E-state index in [1.165, 1.54) is 12.3 Å². The maximum Gasteiger partial charge on any atom is 0.447 e. The van der Waals surface area contributed by atoms with Crippen LogP contribution in [0.1, 0.15) is 24.0 Å². The van der Waals surface area contributed by atoms with Crippen LogP contribution in [-0.2, 0) is 11.2 Å². The maximum absolute atomic E-state index is 13.6. The second-order valence-electron chi connectivity index (χ2n) is 6.21. The van der Waals surface area contributed by atoms with Gasteiger partial charge in [0.1, 0.15) is 22.3 Å². The molecule has 1 aliphatic rings. The van der Waals surface area contributed by atoms with Crippen LogP contribution in [0.5, 0.6) is 11.5 Å². The van der Waals surface area contributed by atoms with E-state index < -0.39 is 11.3 Å². The molecule has 10 heteroatoms. The average Bonchev–Trinajstić information content (AvgIpc) is 3.04. The van der Waals surface area contributed by atoms with Gasteiger partial charge in [0.05, 0.1) is 6.20 Å². The summed E-state index contributed by atoms with van der Waals surface area (Å²) in [5, 5.41) is -0.0191. The third kappa shape index (κ3) is 5.83. The summed E-state index contributed by atoms with van der Waals surface area (Å²) >= 11 is 5.56. The minimum Gasteiger partial charge on any atom is -0.455 e. The van der Waals surface area contributed by atoms with Crippen molar-refractivity contribution in [3.05, 3.63) is 46.4 Å². The highest BCUT2D eigenvalue weighted by Gasteiger charge is 2.35. The number of thioether (sulfide) groups is 1. The number of ether oxygens (including phenoxy) is 2. The van der Waals surface area contributed by atoms with Crippen LogP contribution in [0.3, 0.4) is 0 Å². The molecule has 0 spiro atoms. The highest BCUT2D eigenvalue weighted by molar-refractivity contribution is 8.00. The van der Waals surface area contributed by atoms with Crippen molar-refractivity contribution in [1.82, 2.24) is 4.98 Å². The van der Waals surface area contributed by atoms with Gasteiger partial charge in [-0.1, -0.05) is 11.6 Å². The van der Waals surface area contributed by atoms with Gasteiger partial charge in [-0.3, -0.25) is 4.99 Å². The zero-order valence-corrected chi connectivity index (χ0v) is 16.9. The van der Waals surface area contributed by atoms with Crippen LogP contribution < -0.4 is 4.74 Å². The molecule has 0 saturated carbocycles. The van der Waals surface area contributed by atoms with Gasteiger partial charge in [0.15, 0.2) is 0 Å². The van der Waals surface area contributed by atoms with Gasteiger partial charge in [-0.2, -0.15) is 13.2 Å². The topological polar surface area (TPSA) is 43.7 Å². The molecule has 1 aliphatic carbocycles. The lowest BCUT2D eigenvalue weighted by atomic mass is 10.1. The standard InChI is InChI=1S/C19H17ClF4N2O2S/c1-27-6-2-5-25-15-4-3-14-16(28-13-8-11(20)7-12(21)9-13)10-26-18(17(14)15)29-19(22,23)24/h7-10H,2-6H2,1H3. The molecule has 1 heterocycles. The Kier molecular flexibility index (Phi) is 7.02. The van der Waals surface area contributed by atoms with Crippen LogP contribution in [-0.4, -0.2) is 36.5 Å². The van der Waals surface area contributed by atoms with E-state index in [1.54, 1.807) is 7.11 Å². The first kappa shape index (κ1) is 21.9. The molecule has 1 aromatic heterocycles. The lowest BCUT2D eigenvalue weighted by Crippen LogP contribution is -2.07. The summed E-state index contributed by atoms with van der Waals surface area (Å²) in [7, 11) is 1.57. The van der Waals surface area contributed by atoms with Crippen molar-refractivity contribution in [2.24, 2.45) is 4.99 Å². The third-order valence-electron chi connectivity index (χ3n) is 4.10. The number of pyridine rings is 1. The molecule has 0 radical (unpaired) electrons. The average molecular weight is 449 g/mol. The third-order valence-corrected chi connectivity index (χ3v) is 5.05. The van der Waals surface area contributed by atoms with Gasteiger partial charge in [-0.05, 0) is 31.4 Å². The van der Waals surface area contributed by atoms with Crippen molar-refractivity contribution in [1.29, 1.82) is 0 Å². The molecule has 0 aliphatic heterocycles. The molecule has 0 amide bonds. The molecule has 2 aromatic rings. The molecule has 0 N–H and O–H groups in total. The number of aromatic nitrogens is 1. The summed E-state index contributed by atoms with van der Waals surface area (Å²) in [6.45, 7) is 0.943. The van der Waals surface area contributed by atoms with Crippen molar-refractivity contribution < 1.29 is 27.0 Å². The summed E-state index contributed by atoms with van der Waals surface area (Å²) in [6, 6.07) is 3.69. The second-order valence-corrected chi connectivity index (χ2v) is 7.70. The van der Waals surface area contributed by atoms with Crippen LogP contribution in [0, 0.1) is 5.82 Å². The lowest BCUT2D eigenvalue weighted by Gasteiger charge is -2.14. The number of methoxy groups -OCH3 is 1. The Hall–Kier alpha value is -1.84. The monoisotopic (exact) mass is 448 g/mol. The second kappa shape index (κ2) is 9.32. The fourth-order valence-corrected chi connectivity index (χ4v) is 3.88. The Morgan fingerprint density at radius 3 is 2.72 bits per heavy atom. The first-order chi connectivity index (χ1) is 13.8. The van der Waals surface area contributed by atoms with Gasteiger partial charge < -0.3 is 9.47 Å². The SMILES string of the molecule is COCCCN=C1CCc2c(Oc3cc(F)cc(Cl)c3)cnc(SC(F)(F)F)c21. The predicted octanol–water partition coefficient (Wildman–Crippen LogP) is 6.05. The molecule has 3 rings (SSSR count). The van der Waals surface area contributed by atoms with Crippen molar-refractivity contribution in [3.63, 3.8) is 0 Å². The molecule has 0 fully saturated rings. The molecule has 0 unspecified atom stereocenters. The minimum absolute atomic E-state index is 0.140. The van der Waals surface area contributed by atoms with Gasteiger partial charge in [-0.25, -0.2) is 9.37 Å². The van der Waals surface area contributed by atoms with Crippen molar-refractivity contribution in [2.75, 3.05) is 20.3 Å². The van der Waals surface area contributed by atoms with E-state index in [4.69, 9.17) is 21.1 Å². The highest BCUT2D eigenvalue weighted by Crippen LogP contribution is 2.43. The van der Waals surface area contributed by atoms with E-state index in [1.807, 2.05) is 0 Å². The smallest absolute Gasteiger partial charge is 0.447 e. The molecule has 0 saturated heterocycles. The zero-order valence-electron chi connectivity index (χ0n) is 15.4.